The first-order valence-corrected chi connectivity index (χ1v) is 9.51. The van der Waals surface area contributed by atoms with Gasteiger partial charge in [0.05, 0.1) is 7.11 Å². The first-order chi connectivity index (χ1) is 13.4. The highest BCUT2D eigenvalue weighted by molar-refractivity contribution is 5.86. The Bertz CT molecular complexity index is 822. The quantitative estimate of drug-likeness (QED) is 0.677. The number of likely N-dealkylation sites (tertiary alicyclic amines) is 1. The van der Waals surface area contributed by atoms with Crippen molar-refractivity contribution in [2.24, 2.45) is 0 Å². The van der Waals surface area contributed by atoms with Gasteiger partial charge >= 0.3 is 0 Å². The number of carbonyl (C=O) groups excluding carboxylic acids is 1. The summed E-state index contributed by atoms with van der Waals surface area (Å²) in [6, 6.07) is 8.27. The summed E-state index contributed by atoms with van der Waals surface area (Å²) in [7, 11) is 1.51. The summed E-state index contributed by atoms with van der Waals surface area (Å²) >= 11 is 0. The molecule has 0 aliphatic carbocycles. The van der Waals surface area contributed by atoms with E-state index in [1.165, 1.54) is 24.1 Å². The lowest BCUT2D eigenvalue weighted by atomic mass is 9.91. The third kappa shape index (κ3) is 4.72. The number of hydrogen-bond acceptors (Lipinski definition) is 5. The molecule has 1 saturated heterocycles. The molecule has 1 amide bonds. The molecular weight excluding hydrogens is 363 g/mol. The normalized spacial score (nSPS) is 19.9. The van der Waals surface area contributed by atoms with Crippen LogP contribution in [0.15, 0.2) is 34.7 Å². The third-order valence-corrected chi connectivity index (χ3v) is 5.08. The van der Waals surface area contributed by atoms with Gasteiger partial charge in [-0.1, -0.05) is 0 Å². The van der Waals surface area contributed by atoms with Crippen LogP contribution in [0.4, 0.5) is 4.39 Å². The summed E-state index contributed by atoms with van der Waals surface area (Å²) in [4.78, 5) is 14.4. The fourth-order valence-electron chi connectivity index (χ4n) is 3.51. The number of hydrogen-bond donors (Lipinski definition) is 2. The molecule has 0 radical (unpaired) electrons. The highest BCUT2D eigenvalue weighted by Gasteiger charge is 2.41. The monoisotopic (exact) mass is 390 g/mol. The van der Waals surface area contributed by atoms with Crippen LogP contribution in [0, 0.1) is 12.7 Å². The Morgan fingerprint density at radius 2 is 2.18 bits per heavy atom. The van der Waals surface area contributed by atoms with Crippen molar-refractivity contribution in [2.75, 3.05) is 26.7 Å². The van der Waals surface area contributed by atoms with Gasteiger partial charge in [-0.2, -0.15) is 0 Å². The molecule has 1 aliphatic heterocycles. The largest absolute Gasteiger partial charge is 0.497 e. The van der Waals surface area contributed by atoms with Gasteiger partial charge in [-0.15, -0.1) is 0 Å². The molecule has 152 valence electrons. The van der Waals surface area contributed by atoms with Crippen LogP contribution >= 0.6 is 0 Å². The van der Waals surface area contributed by atoms with Crippen LogP contribution in [0.2, 0.25) is 0 Å². The molecule has 1 atom stereocenters. The van der Waals surface area contributed by atoms with Gasteiger partial charge in [0.15, 0.2) is 5.60 Å². The van der Waals surface area contributed by atoms with Crippen molar-refractivity contribution in [3.8, 4) is 5.75 Å². The number of nitrogens with zero attached hydrogens (tertiary/aromatic N) is 1. The van der Waals surface area contributed by atoms with E-state index in [0.717, 1.165) is 11.5 Å². The van der Waals surface area contributed by atoms with E-state index >= 15 is 0 Å². The summed E-state index contributed by atoms with van der Waals surface area (Å²) in [5.74, 6) is 1.49. The molecule has 0 saturated carbocycles. The number of nitrogens with one attached hydrogen (secondary N) is 1. The van der Waals surface area contributed by atoms with Crippen LogP contribution in [-0.2, 0) is 17.8 Å². The topological polar surface area (TPSA) is 74.9 Å². The summed E-state index contributed by atoms with van der Waals surface area (Å²) in [5.41, 5.74) is -1.11. The van der Waals surface area contributed by atoms with Gasteiger partial charge in [0, 0.05) is 38.2 Å². The molecule has 1 aromatic carbocycles. The Morgan fingerprint density at radius 3 is 2.89 bits per heavy atom. The number of rotatable bonds is 8. The van der Waals surface area contributed by atoms with Gasteiger partial charge < -0.3 is 24.5 Å². The van der Waals surface area contributed by atoms with Crippen LogP contribution in [0.1, 0.15) is 29.9 Å². The van der Waals surface area contributed by atoms with Crippen molar-refractivity contribution < 1.29 is 23.4 Å². The lowest BCUT2D eigenvalue weighted by molar-refractivity contribution is -0.157. The summed E-state index contributed by atoms with van der Waals surface area (Å²) < 4.78 is 24.8. The predicted octanol–water partition coefficient (Wildman–Crippen LogP) is 2.42. The average molecular weight is 390 g/mol. The number of carbonyl (C=O) groups is 1. The number of piperidine rings is 1. The molecule has 1 fully saturated rings. The molecule has 0 bridgehead atoms. The van der Waals surface area contributed by atoms with E-state index in [4.69, 9.17) is 9.15 Å². The third-order valence-electron chi connectivity index (χ3n) is 5.08. The van der Waals surface area contributed by atoms with E-state index in [1.807, 2.05) is 19.1 Å². The Hall–Kier alpha value is -2.38. The van der Waals surface area contributed by atoms with Crippen molar-refractivity contribution >= 4 is 5.91 Å². The van der Waals surface area contributed by atoms with Crippen molar-refractivity contribution in [1.29, 1.82) is 0 Å². The Kier molecular flexibility index (Phi) is 6.36. The SMILES string of the molecule is COc1ccc(F)c(CN2CCC[C@](O)(CNCCc3ccc(C)o3)C2=O)c1. The second-order valence-electron chi connectivity index (χ2n) is 7.26. The second kappa shape index (κ2) is 8.75. The molecule has 6 nitrogen and oxygen atoms in total. The highest BCUT2D eigenvalue weighted by Crippen LogP contribution is 2.25. The molecule has 1 aromatic heterocycles. The summed E-state index contributed by atoms with van der Waals surface area (Å²) in [5, 5.41) is 14.0. The molecule has 1 aliphatic rings. The maximum atomic E-state index is 14.1. The molecule has 2 aromatic rings. The van der Waals surface area contributed by atoms with Crippen LogP contribution in [0.3, 0.4) is 0 Å². The molecule has 0 spiro atoms. The van der Waals surface area contributed by atoms with E-state index in [0.29, 0.717) is 43.7 Å². The smallest absolute Gasteiger partial charge is 0.256 e. The maximum absolute atomic E-state index is 14.1. The van der Waals surface area contributed by atoms with E-state index in [-0.39, 0.29) is 19.0 Å². The van der Waals surface area contributed by atoms with Gasteiger partial charge in [-0.3, -0.25) is 4.79 Å². The van der Waals surface area contributed by atoms with Crippen LogP contribution in [-0.4, -0.2) is 48.3 Å². The van der Waals surface area contributed by atoms with E-state index in [9.17, 15) is 14.3 Å². The second-order valence-corrected chi connectivity index (χ2v) is 7.26. The minimum Gasteiger partial charge on any atom is -0.497 e. The van der Waals surface area contributed by atoms with Crippen molar-refractivity contribution in [3.05, 3.63) is 53.2 Å². The first-order valence-electron chi connectivity index (χ1n) is 9.51. The lowest BCUT2D eigenvalue weighted by Gasteiger charge is -2.38. The highest BCUT2D eigenvalue weighted by atomic mass is 19.1. The van der Waals surface area contributed by atoms with E-state index in [2.05, 4.69) is 5.32 Å². The number of halogens is 1. The summed E-state index contributed by atoms with van der Waals surface area (Å²) in [6.45, 7) is 3.23. The fourth-order valence-corrected chi connectivity index (χ4v) is 3.51. The number of aryl methyl sites for hydroxylation is 1. The lowest BCUT2D eigenvalue weighted by Crippen LogP contribution is -2.57. The standard InChI is InChI=1S/C21H27FN2O4/c1-15-4-5-17(28-15)8-10-23-14-21(26)9-3-11-24(20(21)25)13-16-12-18(27-2)6-7-19(16)22/h4-7,12,23,26H,3,8-11,13-14H2,1-2H3/t21-/m0/s1. The zero-order valence-corrected chi connectivity index (χ0v) is 16.3. The Balaban J connectivity index is 1.57. The average Bonchev–Trinajstić information content (AvgIpc) is 3.10. The van der Waals surface area contributed by atoms with Gasteiger partial charge in [-0.05, 0) is 50.1 Å². The van der Waals surface area contributed by atoms with Crippen molar-refractivity contribution in [2.45, 2.75) is 38.3 Å². The van der Waals surface area contributed by atoms with Gasteiger partial charge in [0.25, 0.3) is 5.91 Å². The number of benzene rings is 1. The van der Waals surface area contributed by atoms with Crippen molar-refractivity contribution in [3.63, 3.8) is 0 Å². The number of ether oxygens (including phenoxy) is 1. The molecular formula is C21H27FN2O4. The summed E-state index contributed by atoms with van der Waals surface area (Å²) in [6.07, 6.45) is 1.72. The Morgan fingerprint density at radius 1 is 1.36 bits per heavy atom. The Labute approximate surface area is 164 Å². The van der Waals surface area contributed by atoms with Gasteiger partial charge in [0.2, 0.25) is 0 Å². The van der Waals surface area contributed by atoms with Gasteiger partial charge in [-0.25, -0.2) is 4.39 Å². The zero-order valence-electron chi connectivity index (χ0n) is 16.3. The molecule has 7 heteroatoms. The molecule has 2 heterocycles. The first kappa shape index (κ1) is 20.4. The maximum Gasteiger partial charge on any atom is 0.256 e. The number of amides is 1. The van der Waals surface area contributed by atoms with Crippen LogP contribution in [0.5, 0.6) is 5.75 Å². The minimum atomic E-state index is -1.48. The van der Waals surface area contributed by atoms with Gasteiger partial charge in [0.1, 0.15) is 23.1 Å². The molecule has 2 N–H and O–H groups in total. The zero-order chi connectivity index (χ0) is 20.1. The molecule has 0 unspecified atom stereocenters. The molecule has 3 rings (SSSR count). The number of aliphatic hydroxyl groups is 1. The number of methoxy groups -OCH3 is 1. The van der Waals surface area contributed by atoms with Crippen LogP contribution < -0.4 is 10.1 Å². The van der Waals surface area contributed by atoms with Crippen LogP contribution in [0.25, 0.3) is 0 Å². The predicted molar refractivity (Wildman–Crippen MR) is 103 cm³/mol. The number of furan rings is 1. The van der Waals surface area contributed by atoms with E-state index in [1.54, 1.807) is 6.07 Å². The minimum absolute atomic E-state index is 0.107. The van der Waals surface area contributed by atoms with Crippen molar-refractivity contribution in [1.82, 2.24) is 10.2 Å². The molecule has 28 heavy (non-hydrogen) atoms. The fraction of sp³-hybridized carbons (Fsp3) is 0.476. The van der Waals surface area contributed by atoms with E-state index < -0.39 is 11.4 Å².